The van der Waals surface area contributed by atoms with Gasteiger partial charge in [0, 0.05) is 18.0 Å². The number of fused-ring (bicyclic) bond motifs is 1. The van der Waals surface area contributed by atoms with Crippen LogP contribution in [-0.4, -0.2) is 14.6 Å². The first kappa shape index (κ1) is 11.1. The van der Waals surface area contributed by atoms with Crippen LogP contribution in [0.15, 0.2) is 73.1 Å². The number of hydrogen-bond acceptors (Lipinski definition) is 1. The topological polar surface area (TPSA) is 33.1 Å². The van der Waals surface area contributed by atoms with Crippen molar-refractivity contribution in [1.29, 1.82) is 0 Å². The lowest BCUT2D eigenvalue weighted by Gasteiger charge is -2.03. The van der Waals surface area contributed by atoms with Crippen LogP contribution in [0.4, 0.5) is 0 Å². The second-order valence-electron chi connectivity index (χ2n) is 4.71. The summed E-state index contributed by atoms with van der Waals surface area (Å²) in [5.74, 6) is 0. The van der Waals surface area contributed by atoms with Crippen molar-refractivity contribution in [1.82, 2.24) is 14.6 Å². The zero-order chi connectivity index (χ0) is 13.4. The minimum absolute atomic E-state index is 0.954. The Labute approximate surface area is 116 Å². The first-order valence-electron chi connectivity index (χ1n) is 6.59. The van der Waals surface area contributed by atoms with E-state index >= 15 is 0 Å². The van der Waals surface area contributed by atoms with Crippen molar-refractivity contribution < 1.29 is 0 Å². The standard InChI is InChI=1S/C17H13N3/c1-3-7-13(8-4-1)15-16(14-9-5-2-6-10-14)19-20-12-11-18-17(15)20/h1-12,19H. The summed E-state index contributed by atoms with van der Waals surface area (Å²) >= 11 is 0. The molecule has 4 rings (SSSR count). The molecule has 96 valence electrons. The van der Waals surface area contributed by atoms with Gasteiger partial charge in [-0.3, -0.25) is 5.10 Å². The second kappa shape index (κ2) is 4.38. The molecule has 0 aliphatic heterocycles. The van der Waals surface area contributed by atoms with Gasteiger partial charge in [0.15, 0.2) is 5.65 Å². The Morgan fingerprint density at radius 1 is 0.800 bits per heavy atom. The van der Waals surface area contributed by atoms with Crippen LogP contribution in [0.25, 0.3) is 28.0 Å². The summed E-state index contributed by atoms with van der Waals surface area (Å²) in [4.78, 5) is 4.47. The molecule has 0 fully saturated rings. The Balaban J connectivity index is 2.05. The Bertz CT molecular complexity index is 842. The number of imidazole rings is 1. The Kier molecular flexibility index (Phi) is 2.42. The number of benzene rings is 2. The van der Waals surface area contributed by atoms with Gasteiger partial charge < -0.3 is 0 Å². The number of nitrogens with one attached hydrogen (secondary N) is 1. The Morgan fingerprint density at radius 2 is 1.45 bits per heavy atom. The van der Waals surface area contributed by atoms with Gasteiger partial charge in [0.1, 0.15) is 0 Å². The van der Waals surface area contributed by atoms with Gasteiger partial charge in [0.05, 0.1) is 11.3 Å². The molecule has 0 aliphatic carbocycles. The predicted molar refractivity (Wildman–Crippen MR) is 80.4 cm³/mol. The smallest absolute Gasteiger partial charge is 0.161 e. The van der Waals surface area contributed by atoms with Crippen LogP contribution in [0.1, 0.15) is 0 Å². The zero-order valence-electron chi connectivity index (χ0n) is 10.8. The van der Waals surface area contributed by atoms with Crippen molar-refractivity contribution in [3.63, 3.8) is 0 Å². The van der Waals surface area contributed by atoms with Gasteiger partial charge in [0.25, 0.3) is 0 Å². The van der Waals surface area contributed by atoms with Crippen LogP contribution >= 0.6 is 0 Å². The summed E-state index contributed by atoms with van der Waals surface area (Å²) < 4.78 is 1.96. The Morgan fingerprint density at radius 3 is 2.15 bits per heavy atom. The second-order valence-corrected chi connectivity index (χ2v) is 4.71. The highest BCUT2D eigenvalue weighted by Gasteiger charge is 2.15. The number of H-pyrrole nitrogens is 1. The summed E-state index contributed by atoms with van der Waals surface area (Å²) in [5, 5.41) is 3.41. The molecule has 0 saturated carbocycles. The van der Waals surface area contributed by atoms with E-state index in [2.05, 4.69) is 46.5 Å². The molecule has 2 aromatic heterocycles. The molecule has 0 saturated heterocycles. The van der Waals surface area contributed by atoms with E-state index in [0.29, 0.717) is 0 Å². The number of hydrogen-bond donors (Lipinski definition) is 1. The van der Waals surface area contributed by atoms with E-state index in [1.807, 2.05) is 41.2 Å². The minimum Gasteiger partial charge on any atom is -0.292 e. The van der Waals surface area contributed by atoms with Gasteiger partial charge >= 0.3 is 0 Å². The van der Waals surface area contributed by atoms with Crippen molar-refractivity contribution in [3.8, 4) is 22.4 Å². The fourth-order valence-electron chi connectivity index (χ4n) is 2.56. The summed E-state index contributed by atoms with van der Waals surface area (Å²) in [6, 6.07) is 20.7. The van der Waals surface area contributed by atoms with Crippen molar-refractivity contribution >= 4 is 5.65 Å². The highest BCUT2D eigenvalue weighted by molar-refractivity contribution is 5.90. The molecule has 0 aliphatic rings. The predicted octanol–water partition coefficient (Wildman–Crippen LogP) is 4.00. The lowest BCUT2D eigenvalue weighted by atomic mass is 10.0. The normalized spacial score (nSPS) is 11.0. The average molecular weight is 259 g/mol. The maximum absolute atomic E-state index is 4.47. The molecule has 0 unspecified atom stereocenters. The highest BCUT2D eigenvalue weighted by atomic mass is 15.3. The van der Waals surface area contributed by atoms with Gasteiger partial charge in [-0.15, -0.1) is 0 Å². The number of rotatable bonds is 2. The molecule has 3 heteroatoms. The fraction of sp³-hybridized carbons (Fsp3) is 0. The van der Waals surface area contributed by atoms with Crippen LogP contribution in [0.3, 0.4) is 0 Å². The quantitative estimate of drug-likeness (QED) is 0.580. The van der Waals surface area contributed by atoms with E-state index in [1.165, 1.54) is 5.56 Å². The average Bonchev–Trinajstić information content (AvgIpc) is 3.09. The van der Waals surface area contributed by atoms with Crippen molar-refractivity contribution in [3.05, 3.63) is 73.1 Å². The summed E-state index contributed by atoms with van der Waals surface area (Å²) in [5.41, 5.74) is 5.53. The Hall–Kier alpha value is -2.81. The third kappa shape index (κ3) is 1.64. The molecule has 1 N–H and O–H groups in total. The molecule has 0 bridgehead atoms. The van der Waals surface area contributed by atoms with E-state index in [1.54, 1.807) is 0 Å². The van der Waals surface area contributed by atoms with E-state index in [-0.39, 0.29) is 0 Å². The van der Waals surface area contributed by atoms with Crippen LogP contribution in [0.5, 0.6) is 0 Å². The van der Waals surface area contributed by atoms with Crippen molar-refractivity contribution in [2.75, 3.05) is 0 Å². The van der Waals surface area contributed by atoms with Gasteiger partial charge in [-0.2, -0.15) is 0 Å². The molecule has 0 atom stereocenters. The SMILES string of the molecule is c1ccc(-c2[nH]n3ccnc3c2-c2ccccc2)cc1. The molecule has 0 radical (unpaired) electrons. The van der Waals surface area contributed by atoms with Crippen molar-refractivity contribution in [2.24, 2.45) is 0 Å². The molecule has 0 spiro atoms. The largest absolute Gasteiger partial charge is 0.292 e. The lowest BCUT2D eigenvalue weighted by molar-refractivity contribution is 0.978. The van der Waals surface area contributed by atoms with Crippen molar-refractivity contribution in [2.45, 2.75) is 0 Å². The monoisotopic (exact) mass is 259 g/mol. The zero-order valence-corrected chi connectivity index (χ0v) is 10.8. The lowest BCUT2D eigenvalue weighted by Crippen LogP contribution is -1.83. The third-order valence-electron chi connectivity index (χ3n) is 3.47. The molecule has 20 heavy (non-hydrogen) atoms. The van der Waals surface area contributed by atoms with Crippen LogP contribution in [0, 0.1) is 0 Å². The van der Waals surface area contributed by atoms with E-state index in [9.17, 15) is 0 Å². The van der Waals surface area contributed by atoms with E-state index in [4.69, 9.17) is 0 Å². The molecule has 4 aromatic rings. The minimum atomic E-state index is 0.954. The molecular weight excluding hydrogens is 246 g/mol. The first-order chi connectivity index (χ1) is 9.93. The number of aromatic amines is 1. The maximum atomic E-state index is 4.47. The third-order valence-corrected chi connectivity index (χ3v) is 3.47. The van der Waals surface area contributed by atoms with Gasteiger partial charge in [-0.25, -0.2) is 9.50 Å². The van der Waals surface area contributed by atoms with Crippen LogP contribution in [0.2, 0.25) is 0 Å². The fourth-order valence-corrected chi connectivity index (χ4v) is 2.56. The summed E-state index contributed by atoms with van der Waals surface area (Å²) in [7, 11) is 0. The first-order valence-corrected chi connectivity index (χ1v) is 6.59. The van der Waals surface area contributed by atoms with E-state index < -0.39 is 0 Å². The van der Waals surface area contributed by atoms with Gasteiger partial charge in [0.2, 0.25) is 0 Å². The van der Waals surface area contributed by atoms with Crippen LogP contribution in [-0.2, 0) is 0 Å². The maximum Gasteiger partial charge on any atom is 0.161 e. The number of nitrogens with zero attached hydrogens (tertiary/aromatic N) is 2. The van der Waals surface area contributed by atoms with Crippen LogP contribution < -0.4 is 0 Å². The van der Waals surface area contributed by atoms with Gasteiger partial charge in [-0.1, -0.05) is 60.7 Å². The van der Waals surface area contributed by atoms with E-state index in [0.717, 1.165) is 22.5 Å². The molecule has 0 amide bonds. The molecular formula is C17H13N3. The summed E-state index contributed by atoms with van der Waals surface area (Å²) in [6.07, 6.45) is 3.75. The summed E-state index contributed by atoms with van der Waals surface area (Å²) in [6.45, 7) is 0. The van der Waals surface area contributed by atoms with Gasteiger partial charge in [-0.05, 0) is 5.56 Å². The highest BCUT2D eigenvalue weighted by Crippen LogP contribution is 2.33. The molecule has 2 aromatic carbocycles. The molecule has 3 nitrogen and oxygen atoms in total. The number of aromatic nitrogens is 3. The molecule has 2 heterocycles.